The second-order valence-corrected chi connectivity index (χ2v) is 3.10. The molecule has 0 bridgehead atoms. The standard InChI is InChI=1S/C10H13F2NO2/c1-15-6-2-3-9(14)7(4-6)8(5-13)10(11)12/h2-4,8,10,14H,5,13H2,1H3. The Morgan fingerprint density at radius 2 is 2.13 bits per heavy atom. The number of halogens is 2. The number of benzene rings is 1. The summed E-state index contributed by atoms with van der Waals surface area (Å²) in [6, 6.07) is 4.19. The number of alkyl halides is 2. The highest BCUT2D eigenvalue weighted by Crippen LogP contribution is 2.32. The lowest BCUT2D eigenvalue weighted by molar-refractivity contribution is 0.115. The minimum atomic E-state index is -2.60. The maximum atomic E-state index is 12.6. The van der Waals surface area contributed by atoms with Crippen molar-refractivity contribution in [3.05, 3.63) is 23.8 Å². The zero-order valence-corrected chi connectivity index (χ0v) is 8.28. The van der Waals surface area contributed by atoms with Gasteiger partial charge in [0.1, 0.15) is 11.5 Å². The first kappa shape index (κ1) is 11.7. The number of hydrogen-bond acceptors (Lipinski definition) is 3. The van der Waals surface area contributed by atoms with Crippen molar-refractivity contribution in [1.82, 2.24) is 0 Å². The molecule has 0 amide bonds. The first-order chi connectivity index (χ1) is 7.10. The van der Waals surface area contributed by atoms with Gasteiger partial charge < -0.3 is 15.6 Å². The van der Waals surface area contributed by atoms with Gasteiger partial charge in [-0.25, -0.2) is 8.78 Å². The zero-order valence-electron chi connectivity index (χ0n) is 8.28. The van der Waals surface area contributed by atoms with Crippen LogP contribution in [-0.2, 0) is 0 Å². The second kappa shape index (κ2) is 4.93. The third-order valence-corrected chi connectivity index (χ3v) is 2.19. The molecule has 0 fully saturated rings. The molecule has 0 saturated carbocycles. The second-order valence-electron chi connectivity index (χ2n) is 3.10. The summed E-state index contributed by atoms with van der Waals surface area (Å²) in [7, 11) is 1.43. The number of nitrogens with two attached hydrogens (primary N) is 1. The predicted octanol–water partition coefficient (Wildman–Crippen LogP) is 1.71. The predicted molar refractivity (Wildman–Crippen MR) is 52.5 cm³/mol. The van der Waals surface area contributed by atoms with Crippen molar-refractivity contribution in [2.45, 2.75) is 12.3 Å². The third-order valence-electron chi connectivity index (χ3n) is 2.19. The molecule has 15 heavy (non-hydrogen) atoms. The molecule has 5 heteroatoms. The van der Waals surface area contributed by atoms with Crippen LogP contribution in [0.5, 0.6) is 11.5 Å². The lowest BCUT2D eigenvalue weighted by atomic mass is 9.98. The van der Waals surface area contributed by atoms with Gasteiger partial charge in [-0.3, -0.25) is 0 Å². The minimum Gasteiger partial charge on any atom is -0.508 e. The highest BCUT2D eigenvalue weighted by molar-refractivity contribution is 5.42. The fourth-order valence-electron chi connectivity index (χ4n) is 1.32. The normalized spacial score (nSPS) is 12.9. The molecule has 0 aromatic heterocycles. The molecule has 0 heterocycles. The highest BCUT2D eigenvalue weighted by Gasteiger charge is 2.24. The summed E-state index contributed by atoms with van der Waals surface area (Å²) < 4.78 is 30.0. The van der Waals surface area contributed by atoms with E-state index in [2.05, 4.69) is 0 Å². The summed E-state index contributed by atoms with van der Waals surface area (Å²) in [5.41, 5.74) is 5.35. The Balaban J connectivity index is 3.09. The van der Waals surface area contributed by atoms with Crippen LogP contribution in [0.15, 0.2) is 18.2 Å². The summed E-state index contributed by atoms with van der Waals surface area (Å²) in [5, 5.41) is 9.44. The Morgan fingerprint density at radius 3 is 2.60 bits per heavy atom. The van der Waals surface area contributed by atoms with Crippen molar-refractivity contribution >= 4 is 0 Å². The Bertz CT molecular complexity index is 331. The smallest absolute Gasteiger partial charge is 0.246 e. The van der Waals surface area contributed by atoms with Crippen LogP contribution >= 0.6 is 0 Å². The molecule has 1 rings (SSSR count). The average molecular weight is 217 g/mol. The first-order valence-corrected chi connectivity index (χ1v) is 4.45. The number of phenolic OH excluding ortho intramolecular Hbond substituents is 1. The van der Waals surface area contributed by atoms with Gasteiger partial charge in [0.15, 0.2) is 0 Å². The zero-order chi connectivity index (χ0) is 11.4. The summed E-state index contributed by atoms with van der Waals surface area (Å²) in [5.74, 6) is -0.937. The van der Waals surface area contributed by atoms with E-state index in [4.69, 9.17) is 10.5 Å². The molecule has 3 nitrogen and oxygen atoms in total. The van der Waals surface area contributed by atoms with E-state index in [9.17, 15) is 13.9 Å². The maximum absolute atomic E-state index is 12.6. The van der Waals surface area contributed by atoms with Gasteiger partial charge in [-0.05, 0) is 18.2 Å². The van der Waals surface area contributed by atoms with Crippen LogP contribution in [0.4, 0.5) is 8.78 Å². The van der Waals surface area contributed by atoms with Gasteiger partial charge in [-0.2, -0.15) is 0 Å². The molecular formula is C10H13F2NO2. The van der Waals surface area contributed by atoms with Crippen LogP contribution in [-0.4, -0.2) is 25.2 Å². The van der Waals surface area contributed by atoms with Crippen LogP contribution in [0.2, 0.25) is 0 Å². The van der Waals surface area contributed by atoms with Crippen LogP contribution < -0.4 is 10.5 Å². The lowest BCUT2D eigenvalue weighted by Gasteiger charge is -2.16. The number of phenols is 1. The molecule has 0 radical (unpaired) electrons. The molecule has 0 aliphatic carbocycles. The van der Waals surface area contributed by atoms with Crippen molar-refractivity contribution < 1.29 is 18.6 Å². The molecule has 84 valence electrons. The molecule has 1 atom stereocenters. The Hall–Kier alpha value is -1.36. The van der Waals surface area contributed by atoms with E-state index >= 15 is 0 Å². The van der Waals surface area contributed by atoms with Gasteiger partial charge in [-0.1, -0.05) is 0 Å². The largest absolute Gasteiger partial charge is 0.508 e. The molecule has 1 aromatic rings. The Morgan fingerprint density at radius 1 is 1.47 bits per heavy atom. The van der Waals surface area contributed by atoms with E-state index in [1.165, 1.54) is 25.3 Å². The number of hydrogen-bond donors (Lipinski definition) is 2. The third kappa shape index (κ3) is 2.56. The van der Waals surface area contributed by atoms with Crippen molar-refractivity contribution in [2.24, 2.45) is 5.73 Å². The average Bonchev–Trinajstić information content (AvgIpc) is 2.21. The van der Waals surface area contributed by atoms with E-state index in [1.807, 2.05) is 0 Å². The van der Waals surface area contributed by atoms with E-state index < -0.39 is 12.3 Å². The highest BCUT2D eigenvalue weighted by atomic mass is 19.3. The van der Waals surface area contributed by atoms with Gasteiger partial charge in [0.25, 0.3) is 0 Å². The van der Waals surface area contributed by atoms with Crippen LogP contribution in [0.25, 0.3) is 0 Å². The molecule has 0 spiro atoms. The van der Waals surface area contributed by atoms with Crippen LogP contribution in [0.1, 0.15) is 11.5 Å². The van der Waals surface area contributed by atoms with Gasteiger partial charge in [0.2, 0.25) is 6.43 Å². The van der Waals surface area contributed by atoms with Crippen molar-refractivity contribution in [3.8, 4) is 11.5 Å². The molecular weight excluding hydrogens is 204 g/mol. The van der Waals surface area contributed by atoms with E-state index in [-0.39, 0.29) is 17.9 Å². The molecule has 0 aliphatic rings. The molecule has 1 aromatic carbocycles. The van der Waals surface area contributed by atoms with Gasteiger partial charge in [0.05, 0.1) is 13.0 Å². The first-order valence-electron chi connectivity index (χ1n) is 4.45. The van der Waals surface area contributed by atoms with Crippen molar-refractivity contribution in [1.29, 1.82) is 0 Å². The number of methoxy groups -OCH3 is 1. The molecule has 0 saturated heterocycles. The summed E-state index contributed by atoms with van der Waals surface area (Å²) in [4.78, 5) is 0. The fourth-order valence-corrected chi connectivity index (χ4v) is 1.32. The molecule has 0 aliphatic heterocycles. The van der Waals surface area contributed by atoms with E-state index in [1.54, 1.807) is 0 Å². The number of ether oxygens (including phenoxy) is 1. The van der Waals surface area contributed by atoms with Crippen molar-refractivity contribution in [3.63, 3.8) is 0 Å². The Kier molecular flexibility index (Phi) is 3.85. The van der Waals surface area contributed by atoms with Crippen molar-refractivity contribution in [2.75, 3.05) is 13.7 Å². The minimum absolute atomic E-state index is 0.117. The van der Waals surface area contributed by atoms with Crippen LogP contribution in [0.3, 0.4) is 0 Å². The lowest BCUT2D eigenvalue weighted by Crippen LogP contribution is -2.19. The topological polar surface area (TPSA) is 55.5 Å². The number of rotatable bonds is 4. The summed E-state index contributed by atoms with van der Waals surface area (Å²) in [6.45, 7) is -0.224. The Labute approximate surface area is 86.5 Å². The maximum Gasteiger partial charge on any atom is 0.246 e. The SMILES string of the molecule is COc1ccc(O)c(C(CN)C(F)F)c1. The summed E-state index contributed by atoms with van der Waals surface area (Å²) >= 11 is 0. The molecule has 1 unspecified atom stereocenters. The van der Waals surface area contributed by atoms with E-state index in [0.29, 0.717) is 5.75 Å². The fraction of sp³-hybridized carbons (Fsp3) is 0.400. The quantitative estimate of drug-likeness (QED) is 0.807. The molecule has 3 N–H and O–H groups in total. The van der Waals surface area contributed by atoms with Gasteiger partial charge >= 0.3 is 0 Å². The summed E-state index contributed by atoms with van der Waals surface area (Å²) in [6.07, 6.45) is -2.60. The van der Waals surface area contributed by atoms with E-state index in [0.717, 1.165) is 0 Å². The number of aromatic hydroxyl groups is 1. The van der Waals surface area contributed by atoms with Crippen LogP contribution in [0, 0.1) is 0 Å². The van der Waals surface area contributed by atoms with Gasteiger partial charge in [-0.15, -0.1) is 0 Å². The monoisotopic (exact) mass is 217 g/mol. The van der Waals surface area contributed by atoms with Gasteiger partial charge in [0, 0.05) is 12.1 Å².